The average Bonchev–Trinajstić information content (AvgIpc) is 3.09. The third-order valence-corrected chi connectivity index (χ3v) is 5.90. The smallest absolute Gasteiger partial charge is 0.232 e. The zero-order valence-corrected chi connectivity index (χ0v) is 15.8. The van der Waals surface area contributed by atoms with E-state index in [1.54, 1.807) is 48.3 Å². The first-order valence-corrected chi connectivity index (χ1v) is 9.85. The molecule has 0 atom stereocenters. The topological polar surface area (TPSA) is 73.7 Å². The maximum Gasteiger partial charge on any atom is 0.232 e. The monoisotopic (exact) mass is 395 g/mol. The maximum atomic E-state index is 6.12. The Morgan fingerprint density at radius 3 is 2.74 bits per heavy atom. The molecule has 134 valence electrons. The first kappa shape index (κ1) is 16.5. The molecule has 6 nitrogen and oxygen atoms in total. The van der Waals surface area contributed by atoms with Crippen LogP contribution in [0.1, 0.15) is 23.3 Å². The number of aryl methyl sites for hydroxylation is 2. The number of hydrogen-bond acceptors (Lipinski definition) is 7. The van der Waals surface area contributed by atoms with Crippen molar-refractivity contribution in [2.45, 2.75) is 25.7 Å². The molecule has 5 rings (SSSR count). The van der Waals surface area contributed by atoms with Crippen LogP contribution in [0.25, 0.3) is 21.7 Å². The molecule has 0 unspecified atom stereocenters. The zero-order chi connectivity index (χ0) is 18.2. The van der Waals surface area contributed by atoms with Gasteiger partial charge in [0, 0.05) is 17.3 Å². The third kappa shape index (κ3) is 3.13. The van der Waals surface area contributed by atoms with E-state index in [-0.39, 0.29) is 0 Å². The predicted octanol–water partition coefficient (Wildman–Crippen LogP) is 4.87. The van der Waals surface area contributed by atoms with Gasteiger partial charge in [-0.1, -0.05) is 11.6 Å². The molecule has 0 bridgehead atoms. The van der Waals surface area contributed by atoms with Gasteiger partial charge >= 0.3 is 0 Å². The second-order valence-electron chi connectivity index (χ2n) is 6.25. The van der Waals surface area contributed by atoms with Gasteiger partial charge in [0.2, 0.25) is 5.88 Å². The molecule has 27 heavy (non-hydrogen) atoms. The van der Waals surface area contributed by atoms with Crippen molar-refractivity contribution < 1.29 is 4.74 Å². The summed E-state index contributed by atoms with van der Waals surface area (Å²) in [4.78, 5) is 24.3. The lowest BCUT2D eigenvalue weighted by molar-refractivity contribution is 0.466. The van der Waals surface area contributed by atoms with Gasteiger partial charge in [-0.15, -0.1) is 11.3 Å². The summed E-state index contributed by atoms with van der Waals surface area (Å²) >= 11 is 7.61. The van der Waals surface area contributed by atoms with Crippen LogP contribution in [0.5, 0.6) is 11.6 Å². The summed E-state index contributed by atoms with van der Waals surface area (Å²) in [6, 6.07) is 3.48. The van der Waals surface area contributed by atoms with Crippen LogP contribution < -0.4 is 4.74 Å². The van der Waals surface area contributed by atoms with Crippen LogP contribution in [0.2, 0.25) is 5.15 Å². The van der Waals surface area contributed by atoms with Crippen LogP contribution >= 0.6 is 22.9 Å². The van der Waals surface area contributed by atoms with Gasteiger partial charge < -0.3 is 4.74 Å². The molecule has 0 saturated carbocycles. The van der Waals surface area contributed by atoms with E-state index in [9.17, 15) is 0 Å². The minimum absolute atomic E-state index is 0.420. The number of ether oxygens (including phenoxy) is 1. The van der Waals surface area contributed by atoms with E-state index in [0.717, 1.165) is 23.1 Å². The molecule has 8 heteroatoms. The fraction of sp³-hybridized carbons (Fsp3) is 0.211. The number of thiophene rings is 1. The van der Waals surface area contributed by atoms with Gasteiger partial charge in [0.1, 0.15) is 21.4 Å². The molecule has 0 aliphatic heterocycles. The van der Waals surface area contributed by atoms with Crippen molar-refractivity contribution in [3.63, 3.8) is 0 Å². The highest BCUT2D eigenvalue weighted by atomic mass is 35.5. The predicted molar refractivity (Wildman–Crippen MR) is 104 cm³/mol. The maximum absolute atomic E-state index is 6.12. The molecule has 0 N–H and O–H groups in total. The van der Waals surface area contributed by atoms with Crippen molar-refractivity contribution in [3.05, 3.63) is 52.5 Å². The summed E-state index contributed by atoms with van der Waals surface area (Å²) in [6.07, 6.45) is 11.0. The standard InChI is InChI=1S/C19H14ClN5OS/c20-15-6-5-11(9-23-15)26-18-16-12-3-1-2-4-14(12)27-19(16)25-17(24-18)13-10-21-7-8-22-13/h5-10H,1-4H2. The highest BCUT2D eigenvalue weighted by Gasteiger charge is 2.23. The number of halogens is 1. The van der Waals surface area contributed by atoms with Crippen LogP contribution in [0.4, 0.5) is 0 Å². The number of nitrogens with zero attached hydrogens (tertiary/aromatic N) is 5. The second kappa shape index (κ2) is 6.83. The second-order valence-corrected chi connectivity index (χ2v) is 7.72. The van der Waals surface area contributed by atoms with Gasteiger partial charge in [0.25, 0.3) is 0 Å². The number of fused-ring (bicyclic) bond motifs is 3. The Labute approximate surface area is 164 Å². The van der Waals surface area contributed by atoms with E-state index in [1.165, 1.54) is 23.3 Å². The molecule has 1 aliphatic rings. The van der Waals surface area contributed by atoms with Crippen LogP contribution in [0, 0.1) is 0 Å². The summed E-state index contributed by atoms with van der Waals surface area (Å²) < 4.78 is 6.12. The normalized spacial score (nSPS) is 13.5. The molecular formula is C19H14ClN5OS. The molecule has 1 aliphatic carbocycles. The molecule has 0 amide bonds. The van der Waals surface area contributed by atoms with Crippen molar-refractivity contribution in [1.82, 2.24) is 24.9 Å². The minimum Gasteiger partial charge on any atom is -0.437 e. The van der Waals surface area contributed by atoms with E-state index in [0.29, 0.717) is 28.3 Å². The van der Waals surface area contributed by atoms with Crippen molar-refractivity contribution in [3.8, 4) is 23.1 Å². The highest BCUT2D eigenvalue weighted by molar-refractivity contribution is 7.18. The Morgan fingerprint density at radius 2 is 1.93 bits per heavy atom. The number of pyridine rings is 1. The van der Waals surface area contributed by atoms with E-state index in [1.807, 2.05) is 0 Å². The molecule has 0 saturated heterocycles. The molecular weight excluding hydrogens is 382 g/mol. The largest absolute Gasteiger partial charge is 0.437 e. The van der Waals surface area contributed by atoms with Crippen molar-refractivity contribution in [2.24, 2.45) is 0 Å². The molecule has 4 aromatic rings. The van der Waals surface area contributed by atoms with Gasteiger partial charge in [0.05, 0.1) is 17.8 Å². The average molecular weight is 396 g/mol. The lowest BCUT2D eigenvalue weighted by atomic mass is 9.97. The van der Waals surface area contributed by atoms with E-state index in [2.05, 4.69) is 19.9 Å². The Bertz CT molecular complexity index is 1110. The van der Waals surface area contributed by atoms with Crippen LogP contribution in [0.3, 0.4) is 0 Å². The highest BCUT2D eigenvalue weighted by Crippen LogP contribution is 2.41. The van der Waals surface area contributed by atoms with Crippen molar-refractivity contribution >= 4 is 33.2 Å². The van der Waals surface area contributed by atoms with Crippen LogP contribution in [0.15, 0.2) is 36.9 Å². The molecule has 0 spiro atoms. The van der Waals surface area contributed by atoms with Crippen molar-refractivity contribution in [1.29, 1.82) is 0 Å². The molecule has 4 heterocycles. The SMILES string of the molecule is Clc1ccc(Oc2nc(-c3cnccn3)nc3sc4c(c23)CCCC4)cn1. The number of hydrogen-bond donors (Lipinski definition) is 0. The molecule has 0 radical (unpaired) electrons. The summed E-state index contributed by atoms with van der Waals surface area (Å²) in [5.74, 6) is 1.62. The fourth-order valence-corrected chi connectivity index (χ4v) is 4.62. The first-order valence-electron chi connectivity index (χ1n) is 8.66. The van der Waals surface area contributed by atoms with Crippen molar-refractivity contribution in [2.75, 3.05) is 0 Å². The molecule has 0 aromatic carbocycles. The van der Waals surface area contributed by atoms with Gasteiger partial charge in [-0.25, -0.2) is 15.0 Å². The van der Waals surface area contributed by atoms with Gasteiger partial charge in [-0.2, -0.15) is 4.98 Å². The first-order chi connectivity index (χ1) is 13.3. The van der Waals surface area contributed by atoms with Crippen LogP contribution in [-0.2, 0) is 12.8 Å². The van der Waals surface area contributed by atoms with E-state index in [4.69, 9.17) is 21.3 Å². The number of rotatable bonds is 3. The van der Waals surface area contributed by atoms with Crippen LogP contribution in [-0.4, -0.2) is 24.9 Å². The van der Waals surface area contributed by atoms with Gasteiger partial charge in [-0.05, 0) is 43.4 Å². The lowest BCUT2D eigenvalue weighted by Crippen LogP contribution is -2.01. The third-order valence-electron chi connectivity index (χ3n) is 4.49. The summed E-state index contributed by atoms with van der Waals surface area (Å²) in [5, 5.41) is 1.42. The van der Waals surface area contributed by atoms with E-state index < -0.39 is 0 Å². The Balaban J connectivity index is 1.69. The Hall–Kier alpha value is -2.64. The Morgan fingerprint density at radius 1 is 1.00 bits per heavy atom. The van der Waals surface area contributed by atoms with Gasteiger partial charge in [0.15, 0.2) is 5.82 Å². The van der Waals surface area contributed by atoms with E-state index >= 15 is 0 Å². The quantitative estimate of drug-likeness (QED) is 0.461. The summed E-state index contributed by atoms with van der Waals surface area (Å²) in [6.45, 7) is 0. The Kier molecular flexibility index (Phi) is 4.18. The minimum atomic E-state index is 0.420. The molecule has 0 fully saturated rings. The zero-order valence-electron chi connectivity index (χ0n) is 14.2. The summed E-state index contributed by atoms with van der Waals surface area (Å²) in [5.41, 5.74) is 1.92. The molecule has 4 aromatic heterocycles. The lowest BCUT2D eigenvalue weighted by Gasteiger charge is -2.12. The summed E-state index contributed by atoms with van der Waals surface area (Å²) in [7, 11) is 0. The number of aromatic nitrogens is 5. The van der Waals surface area contributed by atoms with Gasteiger partial charge in [-0.3, -0.25) is 4.98 Å². The fourth-order valence-electron chi connectivity index (χ4n) is 3.26.